The van der Waals surface area contributed by atoms with E-state index in [1.54, 1.807) is 11.3 Å². The molecule has 4 heteroatoms. The fourth-order valence-electron chi connectivity index (χ4n) is 2.25. The molecule has 2 aromatic rings. The van der Waals surface area contributed by atoms with Crippen molar-refractivity contribution in [1.29, 1.82) is 0 Å². The minimum absolute atomic E-state index is 0.0658. The van der Waals surface area contributed by atoms with Crippen LogP contribution in [0.1, 0.15) is 32.5 Å². The number of ether oxygens (including phenoxy) is 1. The van der Waals surface area contributed by atoms with Crippen molar-refractivity contribution >= 4 is 27.3 Å². The Bertz CT molecular complexity index is 593. The van der Waals surface area contributed by atoms with Crippen molar-refractivity contribution in [3.05, 3.63) is 55.2 Å². The van der Waals surface area contributed by atoms with Gasteiger partial charge in [-0.1, -0.05) is 18.2 Å². The van der Waals surface area contributed by atoms with Gasteiger partial charge in [-0.25, -0.2) is 0 Å². The SMILES string of the molecule is Cc1cc(Br)c(C(N)c2ccc3c(c2)COC3)s1. The van der Waals surface area contributed by atoms with Crippen LogP contribution in [0.2, 0.25) is 0 Å². The van der Waals surface area contributed by atoms with E-state index in [1.807, 2.05) is 0 Å². The van der Waals surface area contributed by atoms with Gasteiger partial charge < -0.3 is 10.5 Å². The van der Waals surface area contributed by atoms with E-state index in [2.05, 4.69) is 47.1 Å². The van der Waals surface area contributed by atoms with E-state index in [0.29, 0.717) is 6.61 Å². The Balaban J connectivity index is 1.97. The van der Waals surface area contributed by atoms with E-state index in [-0.39, 0.29) is 6.04 Å². The van der Waals surface area contributed by atoms with E-state index in [9.17, 15) is 0 Å². The van der Waals surface area contributed by atoms with Crippen molar-refractivity contribution in [3.8, 4) is 0 Å². The number of thiophene rings is 1. The highest BCUT2D eigenvalue weighted by atomic mass is 79.9. The Kier molecular flexibility index (Phi) is 3.28. The normalized spacial score (nSPS) is 15.7. The Labute approximate surface area is 119 Å². The van der Waals surface area contributed by atoms with Crippen LogP contribution >= 0.6 is 27.3 Å². The molecule has 0 fully saturated rings. The summed E-state index contributed by atoms with van der Waals surface area (Å²) < 4.78 is 6.54. The average molecular weight is 324 g/mol. The van der Waals surface area contributed by atoms with E-state index in [0.717, 1.165) is 16.6 Å². The highest BCUT2D eigenvalue weighted by Crippen LogP contribution is 2.35. The lowest BCUT2D eigenvalue weighted by atomic mass is 10.0. The van der Waals surface area contributed by atoms with Gasteiger partial charge in [0.2, 0.25) is 0 Å². The Morgan fingerprint density at radius 2 is 2.06 bits per heavy atom. The summed E-state index contributed by atoms with van der Waals surface area (Å²) in [4.78, 5) is 2.46. The van der Waals surface area contributed by atoms with Crippen LogP contribution in [-0.4, -0.2) is 0 Å². The summed E-state index contributed by atoms with van der Waals surface area (Å²) in [6, 6.07) is 8.47. The van der Waals surface area contributed by atoms with Crippen molar-refractivity contribution in [2.75, 3.05) is 0 Å². The van der Waals surface area contributed by atoms with E-state index >= 15 is 0 Å². The smallest absolute Gasteiger partial charge is 0.0725 e. The van der Waals surface area contributed by atoms with Crippen LogP contribution in [0.5, 0.6) is 0 Å². The molecule has 0 amide bonds. The van der Waals surface area contributed by atoms with Crippen molar-refractivity contribution in [3.63, 3.8) is 0 Å². The van der Waals surface area contributed by atoms with Gasteiger partial charge in [0.25, 0.3) is 0 Å². The minimum Gasteiger partial charge on any atom is -0.372 e. The molecule has 94 valence electrons. The maximum atomic E-state index is 6.36. The van der Waals surface area contributed by atoms with Gasteiger partial charge in [-0.05, 0) is 45.6 Å². The molecular weight excluding hydrogens is 310 g/mol. The molecule has 18 heavy (non-hydrogen) atoms. The van der Waals surface area contributed by atoms with Crippen LogP contribution in [-0.2, 0) is 18.0 Å². The zero-order valence-corrected chi connectivity index (χ0v) is 12.5. The lowest BCUT2D eigenvalue weighted by Crippen LogP contribution is -2.11. The van der Waals surface area contributed by atoms with Gasteiger partial charge >= 0.3 is 0 Å². The summed E-state index contributed by atoms with van der Waals surface area (Å²) in [5, 5.41) is 0. The third-order valence-corrected chi connectivity index (χ3v) is 5.28. The van der Waals surface area contributed by atoms with Gasteiger partial charge in [-0.15, -0.1) is 11.3 Å². The van der Waals surface area contributed by atoms with Crippen LogP contribution in [0.15, 0.2) is 28.7 Å². The molecule has 1 unspecified atom stereocenters. The second-order valence-corrected chi connectivity index (χ2v) is 6.71. The third-order valence-electron chi connectivity index (χ3n) is 3.22. The van der Waals surface area contributed by atoms with E-state index in [1.165, 1.54) is 20.9 Å². The lowest BCUT2D eigenvalue weighted by Gasteiger charge is -2.12. The summed E-state index contributed by atoms with van der Waals surface area (Å²) >= 11 is 5.33. The first-order valence-corrected chi connectivity index (χ1v) is 7.47. The monoisotopic (exact) mass is 323 g/mol. The summed E-state index contributed by atoms with van der Waals surface area (Å²) in [5.74, 6) is 0. The first kappa shape index (κ1) is 12.4. The van der Waals surface area contributed by atoms with Crippen LogP contribution < -0.4 is 5.73 Å². The van der Waals surface area contributed by atoms with Crippen LogP contribution in [0.25, 0.3) is 0 Å². The number of fused-ring (bicyclic) bond motifs is 1. The van der Waals surface area contributed by atoms with Crippen LogP contribution in [0.3, 0.4) is 0 Å². The third kappa shape index (κ3) is 2.14. The van der Waals surface area contributed by atoms with Gasteiger partial charge in [0.05, 0.1) is 19.3 Å². The molecule has 0 spiro atoms. The summed E-state index contributed by atoms with van der Waals surface area (Å²) in [5.41, 5.74) is 10.1. The standard InChI is InChI=1S/C14H14BrNOS/c1-8-4-12(15)14(18-8)13(16)9-2-3-10-6-17-7-11(10)5-9/h2-5,13H,6-7,16H2,1H3. The van der Waals surface area contributed by atoms with Crippen molar-refractivity contribution in [2.45, 2.75) is 26.2 Å². The molecule has 0 bridgehead atoms. The highest BCUT2D eigenvalue weighted by Gasteiger charge is 2.18. The van der Waals surface area contributed by atoms with Gasteiger partial charge in [0.1, 0.15) is 0 Å². The zero-order valence-electron chi connectivity index (χ0n) is 10.1. The quantitative estimate of drug-likeness (QED) is 0.909. The lowest BCUT2D eigenvalue weighted by molar-refractivity contribution is 0.134. The molecule has 0 saturated carbocycles. The average Bonchev–Trinajstić information content (AvgIpc) is 2.93. The Morgan fingerprint density at radius 3 is 2.78 bits per heavy atom. The fraction of sp³-hybridized carbons (Fsp3) is 0.286. The molecule has 1 aromatic heterocycles. The molecule has 0 aliphatic carbocycles. The zero-order chi connectivity index (χ0) is 12.7. The number of nitrogens with two attached hydrogens (primary N) is 1. The molecule has 0 saturated heterocycles. The second kappa shape index (κ2) is 4.78. The minimum atomic E-state index is -0.0658. The molecule has 1 aliphatic rings. The summed E-state index contributed by atoms with van der Waals surface area (Å²) in [6.45, 7) is 3.54. The maximum Gasteiger partial charge on any atom is 0.0725 e. The summed E-state index contributed by atoms with van der Waals surface area (Å²) in [7, 11) is 0. The number of hydrogen-bond donors (Lipinski definition) is 1. The van der Waals surface area contributed by atoms with Gasteiger partial charge in [-0.2, -0.15) is 0 Å². The number of benzene rings is 1. The maximum absolute atomic E-state index is 6.36. The molecule has 2 N–H and O–H groups in total. The predicted molar refractivity (Wildman–Crippen MR) is 77.7 cm³/mol. The molecule has 0 radical (unpaired) electrons. The number of aryl methyl sites for hydroxylation is 1. The van der Waals surface area contributed by atoms with Gasteiger partial charge in [0, 0.05) is 14.2 Å². The van der Waals surface area contributed by atoms with Crippen molar-refractivity contribution in [1.82, 2.24) is 0 Å². The fourth-order valence-corrected chi connectivity index (χ4v) is 4.18. The molecule has 2 nitrogen and oxygen atoms in total. The Hall–Kier alpha value is -0.680. The molecule has 3 rings (SSSR count). The molecule has 2 heterocycles. The van der Waals surface area contributed by atoms with Crippen LogP contribution in [0.4, 0.5) is 0 Å². The van der Waals surface area contributed by atoms with Gasteiger partial charge in [-0.3, -0.25) is 0 Å². The molecular formula is C14H14BrNOS. The molecule has 1 aliphatic heterocycles. The molecule has 1 aromatic carbocycles. The second-order valence-electron chi connectivity index (χ2n) is 4.57. The molecule has 1 atom stereocenters. The van der Waals surface area contributed by atoms with Crippen molar-refractivity contribution in [2.24, 2.45) is 5.73 Å². The highest BCUT2D eigenvalue weighted by molar-refractivity contribution is 9.10. The topological polar surface area (TPSA) is 35.2 Å². The van der Waals surface area contributed by atoms with Crippen molar-refractivity contribution < 1.29 is 4.74 Å². The van der Waals surface area contributed by atoms with E-state index < -0.39 is 0 Å². The number of hydrogen-bond acceptors (Lipinski definition) is 3. The number of halogens is 1. The largest absolute Gasteiger partial charge is 0.372 e. The first-order valence-electron chi connectivity index (χ1n) is 5.86. The summed E-state index contributed by atoms with van der Waals surface area (Å²) in [6.07, 6.45) is 0. The predicted octanol–water partition coefficient (Wildman–Crippen LogP) is 3.90. The van der Waals surface area contributed by atoms with Gasteiger partial charge in [0.15, 0.2) is 0 Å². The first-order chi connectivity index (χ1) is 8.65. The number of rotatable bonds is 2. The Morgan fingerprint density at radius 1 is 1.28 bits per heavy atom. The van der Waals surface area contributed by atoms with Crippen LogP contribution in [0, 0.1) is 6.92 Å². The van der Waals surface area contributed by atoms with E-state index in [4.69, 9.17) is 10.5 Å².